The van der Waals surface area contributed by atoms with Crippen LogP contribution in [-0.4, -0.2) is 0 Å². The number of fused-ring (bicyclic) bond motifs is 4. The monoisotopic (exact) mass is 158 g/mol. The van der Waals surface area contributed by atoms with Crippen LogP contribution >= 0.6 is 0 Å². The summed E-state index contributed by atoms with van der Waals surface area (Å²) < 4.78 is 0. The minimum absolute atomic E-state index is 0. The van der Waals surface area contributed by atoms with Crippen molar-refractivity contribution in [3.8, 4) is 22.3 Å². The van der Waals surface area contributed by atoms with Gasteiger partial charge in [0.2, 0.25) is 0 Å². The molecular formula is C12H7Li. The van der Waals surface area contributed by atoms with Gasteiger partial charge >= 0.3 is 18.9 Å². The summed E-state index contributed by atoms with van der Waals surface area (Å²) in [7, 11) is 0. The minimum atomic E-state index is 0. The Hall–Kier alpha value is -0.963. The van der Waals surface area contributed by atoms with E-state index in [2.05, 4.69) is 36.4 Å². The van der Waals surface area contributed by atoms with Gasteiger partial charge in [0.25, 0.3) is 0 Å². The minimum Gasteiger partial charge on any atom is -0.147 e. The third-order valence-corrected chi connectivity index (χ3v) is 2.34. The summed E-state index contributed by atoms with van der Waals surface area (Å²) in [5.41, 5.74) is 5.32. The van der Waals surface area contributed by atoms with Gasteiger partial charge in [-0.25, -0.2) is 0 Å². The first-order valence-corrected chi connectivity index (χ1v) is 4.07. The van der Waals surface area contributed by atoms with Crippen LogP contribution in [0.15, 0.2) is 42.5 Å². The fourth-order valence-corrected chi connectivity index (χ4v) is 1.76. The zero-order valence-corrected chi connectivity index (χ0v) is 7.54. The van der Waals surface area contributed by atoms with Crippen LogP contribution in [0.1, 0.15) is 0 Å². The molecule has 0 saturated heterocycles. The molecular weight excluding hydrogens is 151 g/mol. The van der Waals surface area contributed by atoms with Gasteiger partial charge in [-0.1, -0.05) is 29.8 Å². The summed E-state index contributed by atoms with van der Waals surface area (Å²) in [5.74, 6) is 0. The fourth-order valence-electron chi connectivity index (χ4n) is 1.76. The Bertz CT molecular complexity index is 346. The summed E-state index contributed by atoms with van der Waals surface area (Å²) in [6.45, 7) is 0. The van der Waals surface area contributed by atoms with Gasteiger partial charge in [-0.05, 0) is 0 Å². The van der Waals surface area contributed by atoms with E-state index in [-0.39, 0.29) is 18.9 Å². The summed E-state index contributed by atoms with van der Waals surface area (Å²) in [6, 6.07) is 17.8. The predicted octanol–water partition coefficient (Wildman–Crippen LogP) is 0.138. The maximum absolute atomic E-state index is 3.24. The maximum atomic E-state index is 3.24. The van der Waals surface area contributed by atoms with E-state index in [0.717, 1.165) is 0 Å². The van der Waals surface area contributed by atoms with E-state index >= 15 is 0 Å². The quantitative estimate of drug-likeness (QED) is 0.322. The van der Waals surface area contributed by atoms with Crippen molar-refractivity contribution in [2.24, 2.45) is 0 Å². The SMILES string of the molecule is [Li+].[c-]1cccc2c1-c1ccccc1-2. The van der Waals surface area contributed by atoms with E-state index in [4.69, 9.17) is 0 Å². The fraction of sp³-hybridized carbons (Fsp3) is 0. The first kappa shape index (κ1) is 8.63. The average Bonchev–Trinajstić information content (AvgIpc) is 2.14. The summed E-state index contributed by atoms with van der Waals surface area (Å²) >= 11 is 0. The van der Waals surface area contributed by atoms with Crippen molar-refractivity contribution in [2.75, 3.05) is 0 Å². The van der Waals surface area contributed by atoms with Crippen LogP contribution in [-0.2, 0) is 0 Å². The van der Waals surface area contributed by atoms with E-state index in [1.165, 1.54) is 22.3 Å². The molecule has 0 aromatic heterocycles. The van der Waals surface area contributed by atoms with Crippen LogP contribution < -0.4 is 18.9 Å². The average molecular weight is 158 g/mol. The Morgan fingerprint density at radius 3 is 2.31 bits per heavy atom. The summed E-state index contributed by atoms with van der Waals surface area (Å²) in [6.07, 6.45) is 0. The largest absolute Gasteiger partial charge is 1.00 e. The number of hydrogen-bond donors (Lipinski definition) is 0. The van der Waals surface area contributed by atoms with Crippen LogP contribution in [0.3, 0.4) is 0 Å². The molecule has 1 heteroatoms. The Morgan fingerprint density at radius 1 is 0.769 bits per heavy atom. The number of hydrogen-bond acceptors (Lipinski definition) is 0. The van der Waals surface area contributed by atoms with Crippen molar-refractivity contribution < 1.29 is 18.9 Å². The van der Waals surface area contributed by atoms with Gasteiger partial charge in [0, 0.05) is 0 Å². The topological polar surface area (TPSA) is 0 Å². The van der Waals surface area contributed by atoms with E-state index in [9.17, 15) is 0 Å². The molecule has 0 spiro atoms. The van der Waals surface area contributed by atoms with Gasteiger partial charge in [0.1, 0.15) is 0 Å². The van der Waals surface area contributed by atoms with Crippen molar-refractivity contribution in [2.45, 2.75) is 0 Å². The van der Waals surface area contributed by atoms with E-state index in [0.29, 0.717) is 0 Å². The van der Waals surface area contributed by atoms with Crippen molar-refractivity contribution in [1.29, 1.82) is 0 Å². The first-order chi connectivity index (χ1) is 5.97. The molecule has 13 heavy (non-hydrogen) atoms. The van der Waals surface area contributed by atoms with Crippen molar-refractivity contribution >= 4 is 0 Å². The van der Waals surface area contributed by atoms with Crippen LogP contribution in [0, 0.1) is 6.07 Å². The van der Waals surface area contributed by atoms with Crippen LogP contribution in [0.5, 0.6) is 0 Å². The standard InChI is InChI=1S/C12H7.Li/c1-2-6-10-9(5-1)11-7-3-4-8-12(10)11;/h1-7H;/q-1;+1. The van der Waals surface area contributed by atoms with E-state index in [1.807, 2.05) is 12.1 Å². The van der Waals surface area contributed by atoms with E-state index in [1.54, 1.807) is 0 Å². The van der Waals surface area contributed by atoms with Crippen molar-refractivity contribution in [1.82, 2.24) is 0 Å². The molecule has 3 rings (SSSR count). The predicted molar refractivity (Wildman–Crippen MR) is 49.7 cm³/mol. The van der Waals surface area contributed by atoms with Gasteiger partial charge in [0.05, 0.1) is 0 Å². The number of benzene rings is 2. The van der Waals surface area contributed by atoms with Gasteiger partial charge in [-0.2, -0.15) is 0 Å². The van der Waals surface area contributed by atoms with Crippen molar-refractivity contribution in [3.63, 3.8) is 0 Å². The van der Waals surface area contributed by atoms with E-state index < -0.39 is 0 Å². The van der Waals surface area contributed by atoms with Gasteiger partial charge in [-0.3, -0.25) is 0 Å². The molecule has 0 aliphatic heterocycles. The molecule has 0 bridgehead atoms. The Kier molecular flexibility index (Phi) is 2.04. The molecule has 2 aromatic rings. The van der Waals surface area contributed by atoms with Crippen LogP contribution in [0.2, 0.25) is 0 Å². The second-order valence-corrected chi connectivity index (χ2v) is 3.00. The molecule has 0 heterocycles. The normalized spacial score (nSPS) is 10.5. The Labute approximate surface area is 89.8 Å². The van der Waals surface area contributed by atoms with Crippen LogP contribution in [0.25, 0.3) is 22.3 Å². The second-order valence-electron chi connectivity index (χ2n) is 3.00. The molecule has 1 aliphatic rings. The third-order valence-electron chi connectivity index (χ3n) is 2.34. The summed E-state index contributed by atoms with van der Waals surface area (Å²) in [5, 5.41) is 0. The first-order valence-electron chi connectivity index (χ1n) is 4.07. The van der Waals surface area contributed by atoms with Gasteiger partial charge < -0.3 is 0 Å². The molecule has 56 valence electrons. The molecule has 0 N–H and O–H groups in total. The molecule has 2 aromatic carbocycles. The molecule has 0 radical (unpaired) electrons. The molecule has 0 atom stereocenters. The van der Waals surface area contributed by atoms with Crippen molar-refractivity contribution in [3.05, 3.63) is 48.5 Å². The summed E-state index contributed by atoms with van der Waals surface area (Å²) in [4.78, 5) is 0. The smallest absolute Gasteiger partial charge is 0.147 e. The zero-order chi connectivity index (χ0) is 7.97. The zero-order valence-electron chi connectivity index (χ0n) is 7.54. The van der Waals surface area contributed by atoms with Gasteiger partial charge in [-0.15, -0.1) is 41.0 Å². The molecule has 0 saturated carbocycles. The molecule has 1 aliphatic carbocycles. The Balaban J connectivity index is 0.000000653. The molecule has 0 fully saturated rings. The van der Waals surface area contributed by atoms with Crippen LogP contribution in [0.4, 0.5) is 0 Å². The molecule has 0 unspecified atom stereocenters. The maximum Gasteiger partial charge on any atom is 1.00 e. The Morgan fingerprint density at radius 2 is 1.46 bits per heavy atom. The number of rotatable bonds is 0. The second kappa shape index (κ2) is 3.07. The molecule has 0 amide bonds. The third kappa shape index (κ3) is 1.07. The van der Waals surface area contributed by atoms with Gasteiger partial charge in [0.15, 0.2) is 0 Å². The molecule has 0 nitrogen and oxygen atoms in total.